The van der Waals surface area contributed by atoms with Crippen molar-refractivity contribution in [2.24, 2.45) is 0 Å². The van der Waals surface area contributed by atoms with Crippen molar-refractivity contribution in [3.63, 3.8) is 0 Å². The largest absolute Gasteiger partial charge is 0.478 e. The summed E-state index contributed by atoms with van der Waals surface area (Å²) in [6, 6.07) is 3.22. The van der Waals surface area contributed by atoms with Crippen molar-refractivity contribution in [2.45, 2.75) is 26.8 Å². The number of carboxylic acid groups (broad SMARTS) is 1. The van der Waals surface area contributed by atoms with Crippen LogP contribution in [0.1, 0.15) is 40.4 Å². The first kappa shape index (κ1) is 13.1. The van der Waals surface area contributed by atoms with Gasteiger partial charge in [-0.15, -0.1) is 5.10 Å². The monoisotopic (exact) mass is 261 g/mol. The highest BCUT2D eigenvalue weighted by molar-refractivity contribution is 5.92. The summed E-state index contributed by atoms with van der Waals surface area (Å²) in [6.45, 7) is 5.65. The van der Waals surface area contributed by atoms with Gasteiger partial charge in [-0.25, -0.2) is 4.79 Å². The fourth-order valence-corrected chi connectivity index (χ4v) is 1.97. The van der Waals surface area contributed by atoms with Crippen LogP contribution in [0, 0.1) is 13.8 Å². The quantitative estimate of drug-likeness (QED) is 0.879. The molecule has 2 aromatic rings. The molecule has 1 unspecified atom stereocenters. The number of hydrogen-bond acceptors (Lipinski definition) is 5. The number of nitrogens with zero attached hydrogens (tertiary/aromatic N) is 2. The first-order valence-electron chi connectivity index (χ1n) is 5.87. The van der Waals surface area contributed by atoms with Gasteiger partial charge in [0.15, 0.2) is 5.82 Å². The molecule has 100 valence electrons. The molecule has 0 amide bonds. The highest BCUT2D eigenvalue weighted by Gasteiger charge is 2.17. The van der Waals surface area contributed by atoms with Crippen LogP contribution in [0.5, 0.6) is 0 Å². The van der Waals surface area contributed by atoms with E-state index in [1.54, 1.807) is 0 Å². The number of hydrogen-bond donors (Lipinski definition) is 2. The Kier molecular flexibility index (Phi) is 3.50. The fraction of sp³-hybridized carbons (Fsp3) is 0.308. The van der Waals surface area contributed by atoms with Crippen molar-refractivity contribution in [2.75, 3.05) is 5.32 Å². The Bertz CT molecular complexity index is 607. The highest BCUT2D eigenvalue weighted by atomic mass is 16.4. The third-order valence-electron chi connectivity index (χ3n) is 2.85. The van der Waals surface area contributed by atoms with E-state index in [1.165, 1.54) is 12.3 Å². The van der Waals surface area contributed by atoms with Gasteiger partial charge in [0.1, 0.15) is 17.1 Å². The molecule has 2 aromatic heterocycles. The summed E-state index contributed by atoms with van der Waals surface area (Å²) >= 11 is 0. The minimum absolute atomic E-state index is 0.0970. The minimum atomic E-state index is -1.04. The van der Waals surface area contributed by atoms with Crippen LogP contribution in [0.3, 0.4) is 0 Å². The molecule has 6 nitrogen and oxygen atoms in total. The number of carbonyl (C=O) groups is 1. The predicted molar refractivity (Wildman–Crippen MR) is 69.2 cm³/mol. The van der Waals surface area contributed by atoms with Gasteiger partial charge in [-0.2, -0.15) is 5.10 Å². The SMILES string of the molecule is Cc1cc(C(C)Nc2nnccc2C(=O)O)c(C)o1. The van der Waals surface area contributed by atoms with Gasteiger partial charge in [0.25, 0.3) is 0 Å². The topological polar surface area (TPSA) is 88.2 Å². The zero-order valence-corrected chi connectivity index (χ0v) is 11.0. The van der Waals surface area contributed by atoms with Gasteiger partial charge in [-0.05, 0) is 32.9 Å². The van der Waals surface area contributed by atoms with Gasteiger partial charge >= 0.3 is 5.97 Å². The summed E-state index contributed by atoms with van der Waals surface area (Å²) in [7, 11) is 0. The number of aromatic carboxylic acids is 1. The molecule has 0 aliphatic rings. The number of rotatable bonds is 4. The van der Waals surface area contributed by atoms with E-state index in [-0.39, 0.29) is 17.4 Å². The molecule has 2 rings (SSSR count). The normalized spacial score (nSPS) is 12.2. The van der Waals surface area contributed by atoms with Crippen molar-refractivity contribution in [3.8, 4) is 0 Å². The molecule has 0 aliphatic carbocycles. The zero-order chi connectivity index (χ0) is 14.0. The van der Waals surface area contributed by atoms with Crippen LogP contribution in [-0.2, 0) is 0 Å². The van der Waals surface area contributed by atoms with Crippen LogP contribution in [0.2, 0.25) is 0 Å². The van der Waals surface area contributed by atoms with E-state index in [9.17, 15) is 4.79 Å². The first-order valence-corrected chi connectivity index (χ1v) is 5.87. The van der Waals surface area contributed by atoms with Crippen molar-refractivity contribution in [3.05, 3.63) is 41.0 Å². The van der Waals surface area contributed by atoms with Gasteiger partial charge < -0.3 is 14.8 Å². The van der Waals surface area contributed by atoms with Gasteiger partial charge in [-0.3, -0.25) is 0 Å². The lowest BCUT2D eigenvalue weighted by atomic mass is 10.1. The van der Waals surface area contributed by atoms with Crippen molar-refractivity contribution in [1.82, 2.24) is 10.2 Å². The van der Waals surface area contributed by atoms with Crippen molar-refractivity contribution >= 4 is 11.8 Å². The summed E-state index contributed by atoms with van der Waals surface area (Å²) in [5.41, 5.74) is 1.07. The molecule has 0 spiro atoms. The maximum Gasteiger partial charge on any atom is 0.339 e. The Morgan fingerprint density at radius 3 is 2.79 bits per heavy atom. The minimum Gasteiger partial charge on any atom is -0.478 e. The van der Waals surface area contributed by atoms with Gasteiger partial charge in [0.2, 0.25) is 0 Å². The summed E-state index contributed by atoms with van der Waals surface area (Å²) in [6.07, 6.45) is 1.35. The van der Waals surface area contributed by atoms with Crippen molar-refractivity contribution < 1.29 is 14.3 Å². The van der Waals surface area contributed by atoms with Crippen LogP contribution in [0.15, 0.2) is 22.7 Å². The zero-order valence-electron chi connectivity index (χ0n) is 11.0. The van der Waals surface area contributed by atoms with E-state index < -0.39 is 5.97 Å². The molecular weight excluding hydrogens is 246 g/mol. The summed E-state index contributed by atoms with van der Waals surface area (Å²) in [5.74, 6) is 0.836. The van der Waals surface area contributed by atoms with Gasteiger partial charge in [0.05, 0.1) is 12.2 Å². The average Bonchev–Trinajstić information content (AvgIpc) is 2.69. The van der Waals surface area contributed by atoms with Gasteiger partial charge in [0, 0.05) is 5.56 Å². The Labute approximate surface area is 110 Å². The molecule has 0 bridgehead atoms. The number of carboxylic acids is 1. The van der Waals surface area contributed by atoms with Crippen LogP contribution in [0.25, 0.3) is 0 Å². The van der Waals surface area contributed by atoms with E-state index in [2.05, 4.69) is 15.5 Å². The molecule has 0 saturated carbocycles. The van der Waals surface area contributed by atoms with E-state index >= 15 is 0 Å². The predicted octanol–water partition coefficient (Wildman–Crippen LogP) is 2.56. The van der Waals surface area contributed by atoms with Crippen LogP contribution in [-0.4, -0.2) is 21.3 Å². The number of aryl methyl sites for hydroxylation is 2. The second-order valence-electron chi connectivity index (χ2n) is 4.33. The Morgan fingerprint density at radius 1 is 1.47 bits per heavy atom. The molecule has 2 N–H and O–H groups in total. The van der Waals surface area contributed by atoms with E-state index in [0.717, 1.165) is 17.1 Å². The average molecular weight is 261 g/mol. The Hall–Kier alpha value is -2.37. The molecule has 6 heteroatoms. The highest BCUT2D eigenvalue weighted by Crippen LogP contribution is 2.25. The second kappa shape index (κ2) is 5.09. The third-order valence-corrected chi connectivity index (χ3v) is 2.85. The number of anilines is 1. The summed E-state index contributed by atoms with van der Waals surface area (Å²) in [4.78, 5) is 11.1. The number of nitrogens with one attached hydrogen (secondary N) is 1. The Morgan fingerprint density at radius 2 is 2.21 bits per heavy atom. The smallest absolute Gasteiger partial charge is 0.339 e. The molecule has 0 saturated heterocycles. The summed E-state index contributed by atoms with van der Waals surface area (Å²) < 4.78 is 5.46. The van der Waals surface area contributed by atoms with E-state index in [0.29, 0.717) is 0 Å². The lowest BCUT2D eigenvalue weighted by Gasteiger charge is -2.14. The van der Waals surface area contributed by atoms with Crippen LogP contribution < -0.4 is 5.32 Å². The van der Waals surface area contributed by atoms with E-state index in [1.807, 2.05) is 26.8 Å². The number of aromatic nitrogens is 2. The van der Waals surface area contributed by atoms with Gasteiger partial charge in [-0.1, -0.05) is 0 Å². The molecule has 1 atom stereocenters. The molecule has 0 aliphatic heterocycles. The lowest BCUT2D eigenvalue weighted by Crippen LogP contribution is -2.13. The standard InChI is InChI=1S/C13H15N3O3/c1-7-6-11(9(3)19-7)8(2)15-12-10(13(17)18)4-5-14-16-12/h4-6,8H,1-3H3,(H,15,16)(H,17,18). The van der Waals surface area contributed by atoms with Crippen LogP contribution >= 0.6 is 0 Å². The van der Waals surface area contributed by atoms with Crippen molar-refractivity contribution in [1.29, 1.82) is 0 Å². The Balaban J connectivity index is 2.26. The molecular formula is C13H15N3O3. The molecule has 19 heavy (non-hydrogen) atoms. The fourth-order valence-electron chi connectivity index (χ4n) is 1.97. The van der Waals surface area contributed by atoms with Crippen LogP contribution in [0.4, 0.5) is 5.82 Å². The maximum absolute atomic E-state index is 11.1. The second-order valence-corrected chi connectivity index (χ2v) is 4.33. The first-order chi connectivity index (χ1) is 8.99. The molecule has 0 fully saturated rings. The number of furan rings is 1. The summed E-state index contributed by atoms with van der Waals surface area (Å²) in [5, 5.41) is 19.7. The van der Waals surface area contributed by atoms with E-state index in [4.69, 9.17) is 9.52 Å². The molecule has 0 aromatic carbocycles. The molecule has 2 heterocycles. The lowest BCUT2D eigenvalue weighted by molar-refractivity contribution is 0.0697. The third kappa shape index (κ3) is 2.73. The maximum atomic E-state index is 11.1. The molecule has 0 radical (unpaired) electrons.